The lowest BCUT2D eigenvalue weighted by molar-refractivity contribution is -0.120. The SMILES string of the molecule is Cc1ccc(-c2csc(NC(=O)CSc3ccc(NC(=O)C4CCCCC4)cc3)n2)cc1. The van der Waals surface area contributed by atoms with Gasteiger partial charge in [-0.05, 0) is 44.0 Å². The predicted molar refractivity (Wildman–Crippen MR) is 133 cm³/mol. The van der Waals surface area contributed by atoms with Crippen LogP contribution < -0.4 is 10.6 Å². The van der Waals surface area contributed by atoms with Crippen LogP contribution in [0.5, 0.6) is 0 Å². The first kappa shape index (κ1) is 22.6. The van der Waals surface area contributed by atoms with Crippen molar-refractivity contribution in [3.05, 3.63) is 59.5 Å². The van der Waals surface area contributed by atoms with Gasteiger partial charge in [0, 0.05) is 27.4 Å². The van der Waals surface area contributed by atoms with Gasteiger partial charge in [0.2, 0.25) is 11.8 Å². The molecule has 1 saturated carbocycles. The summed E-state index contributed by atoms with van der Waals surface area (Å²) >= 11 is 2.89. The van der Waals surface area contributed by atoms with Crippen molar-refractivity contribution >= 4 is 45.7 Å². The van der Waals surface area contributed by atoms with E-state index in [1.54, 1.807) is 0 Å². The number of nitrogens with zero attached hydrogens (tertiary/aromatic N) is 1. The van der Waals surface area contributed by atoms with Crippen LogP contribution >= 0.6 is 23.1 Å². The maximum atomic E-state index is 12.4. The minimum Gasteiger partial charge on any atom is -0.326 e. The van der Waals surface area contributed by atoms with E-state index in [2.05, 4.69) is 34.7 Å². The molecule has 0 radical (unpaired) electrons. The molecule has 32 heavy (non-hydrogen) atoms. The molecule has 0 saturated heterocycles. The van der Waals surface area contributed by atoms with E-state index >= 15 is 0 Å². The fourth-order valence-corrected chi connectivity index (χ4v) is 5.17. The molecule has 4 rings (SSSR count). The Morgan fingerprint density at radius 1 is 1.00 bits per heavy atom. The summed E-state index contributed by atoms with van der Waals surface area (Å²) in [5, 5.41) is 8.45. The van der Waals surface area contributed by atoms with Gasteiger partial charge in [-0.3, -0.25) is 9.59 Å². The highest BCUT2D eigenvalue weighted by molar-refractivity contribution is 8.00. The summed E-state index contributed by atoms with van der Waals surface area (Å²) < 4.78 is 0. The first-order valence-electron chi connectivity index (χ1n) is 10.9. The summed E-state index contributed by atoms with van der Waals surface area (Å²) in [5.74, 6) is 0.471. The number of anilines is 2. The standard InChI is InChI=1S/C25H27N3O2S2/c1-17-7-9-18(10-8-17)22-15-32-25(27-22)28-23(29)16-31-21-13-11-20(12-14-21)26-24(30)19-5-3-2-4-6-19/h7-15,19H,2-6,16H2,1H3,(H,26,30)(H,27,28,29). The number of carbonyl (C=O) groups is 2. The maximum Gasteiger partial charge on any atom is 0.236 e. The molecule has 0 unspecified atom stereocenters. The molecular weight excluding hydrogens is 438 g/mol. The minimum absolute atomic E-state index is 0.0884. The lowest BCUT2D eigenvalue weighted by atomic mass is 9.88. The van der Waals surface area contributed by atoms with Gasteiger partial charge in [-0.15, -0.1) is 23.1 Å². The largest absolute Gasteiger partial charge is 0.326 e. The monoisotopic (exact) mass is 465 g/mol. The Kier molecular flexibility index (Phi) is 7.60. The highest BCUT2D eigenvalue weighted by Crippen LogP contribution is 2.27. The predicted octanol–water partition coefficient (Wildman–Crippen LogP) is 6.37. The number of thioether (sulfide) groups is 1. The zero-order valence-electron chi connectivity index (χ0n) is 18.1. The van der Waals surface area contributed by atoms with Crippen LogP contribution in [0.2, 0.25) is 0 Å². The van der Waals surface area contributed by atoms with Crippen molar-refractivity contribution in [2.45, 2.75) is 43.9 Å². The van der Waals surface area contributed by atoms with Crippen molar-refractivity contribution < 1.29 is 9.59 Å². The third-order valence-corrected chi connectivity index (χ3v) is 7.34. The first-order chi connectivity index (χ1) is 15.6. The van der Waals surface area contributed by atoms with Gasteiger partial charge >= 0.3 is 0 Å². The Bertz CT molecular complexity index is 1060. The smallest absolute Gasteiger partial charge is 0.236 e. The summed E-state index contributed by atoms with van der Waals surface area (Å²) in [7, 11) is 0. The topological polar surface area (TPSA) is 71.1 Å². The molecule has 166 valence electrons. The number of aromatic nitrogens is 1. The number of nitrogens with one attached hydrogen (secondary N) is 2. The van der Waals surface area contributed by atoms with Crippen LogP contribution in [0.3, 0.4) is 0 Å². The quantitative estimate of drug-likeness (QED) is 0.398. The fraction of sp³-hybridized carbons (Fsp3) is 0.320. The number of aryl methyl sites for hydroxylation is 1. The van der Waals surface area contributed by atoms with Gasteiger partial charge in [-0.2, -0.15) is 0 Å². The molecule has 1 aliphatic rings. The van der Waals surface area contributed by atoms with Crippen LogP contribution in [-0.2, 0) is 9.59 Å². The molecule has 0 spiro atoms. The molecule has 1 aromatic heterocycles. The van der Waals surface area contributed by atoms with E-state index < -0.39 is 0 Å². The van der Waals surface area contributed by atoms with Crippen LogP contribution in [-0.4, -0.2) is 22.6 Å². The number of amides is 2. The summed E-state index contributed by atoms with van der Waals surface area (Å²) in [4.78, 5) is 30.2. The molecule has 3 aromatic rings. The number of benzene rings is 2. The van der Waals surface area contributed by atoms with Gasteiger partial charge in [0.1, 0.15) is 0 Å². The van der Waals surface area contributed by atoms with E-state index in [0.29, 0.717) is 10.9 Å². The number of rotatable bonds is 7. The second-order valence-electron chi connectivity index (χ2n) is 8.09. The van der Waals surface area contributed by atoms with E-state index in [1.165, 1.54) is 35.1 Å². The highest BCUT2D eigenvalue weighted by Gasteiger charge is 2.21. The lowest BCUT2D eigenvalue weighted by Gasteiger charge is -2.20. The van der Waals surface area contributed by atoms with Crippen molar-refractivity contribution in [3.8, 4) is 11.3 Å². The maximum absolute atomic E-state index is 12.4. The van der Waals surface area contributed by atoms with Gasteiger partial charge in [-0.25, -0.2) is 4.98 Å². The van der Waals surface area contributed by atoms with E-state index in [4.69, 9.17) is 0 Å². The van der Waals surface area contributed by atoms with E-state index in [-0.39, 0.29) is 17.7 Å². The van der Waals surface area contributed by atoms with E-state index in [1.807, 2.05) is 41.8 Å². The average Bonchev–Trinajstić information content (AvgIpc) is 3.28. The number of carbonyl (C=O) groups excluding carboxylic acids is 2. The molecule has 2 amide bonds. The van der Waals surface area contributed by atoms with Crippen LogP contribution in [0.25, 0.3) is 11.3 Å². The van der Waals surface area contributed by atoms with Crippen molar-refractivity contribution in [3.63, 3.8) is 0 Å². The first-order valence-corrected chi connectivity index (χ1v) is 12.8. The third-order valence-electron chi connectivity index (χ3n) is 5.57. The van der Waals surface area contributed by atoms with Crippen LogP contribution in [0.1, 0.15) is 37.7 Å². The summed E-state index contributed by atoms with van der Waals surface area (Å²) in [6.07, 6.45) is 5.49. The molecular formula is C25H27N3O2S2. The molecule has 2 N–H and O–H groups in total. The van der Waals surface area contributed by atoms with E-state index in [9.17, 15) is 9.59 Å². The van der Waals surface area contributed by atoms with Gasteiger partial charge in [-0.1, -0.05) is 49.1 Å². The van der Waals surface area contributed by atoms with Crippen LogP contribution in [0.15, 0.2) is 58.8 Å². The average molecular weight is 466 g/mol. The Morgan fingerprint density at radius 3 is 2.44 bits per heavy atom. The normalized spacial score (nSPS) is 14.2. The van der Waals surface area contributed by atoms with E-state index in [0.717, 1.165) is 47.5 Å². The number of thiazole rings is 1. The zero-order chi connectivity index (χ0) is 22.3. The number of hydrogen-bond acceptors (Lipinski definition) is 5. The van der Waals surface area contributed by atoms with Crippen molar-refractivity contribution in [2.24, 2.45) is 5.92 Å². The van der Waals surface area contributed by atoms with Crippen molar-refractivity contribution in [2.75, 3.05) is 16.4 Å². The molecule has 2 aromatic carbocycles. The van der Waals surface area contributed by atoms with Gasteiger partial charge < -0.3 is 10.6 Å². The van der Waals surface area contributed by atoms with Crippen LogP contribution in [0.4, 0.5) is 10.8 Å². The van der Waals surface area contributed by atoms with Gasteiger partial charge in [0.25, 0.3) is 0 Å². The van der Waals surface area contributed by atoms with Gasteiger partial charge in [0.05, 0.1) is 11.4 Å². The summed E-state index contributed by atoms with van der Waals surface area (Å²) in [5.41, 5.74) is 3.91. The molecule has 1 heterocycles. The summed E-state index contributed by atoms with van der Waals surface area (Å²) in [6, 6.07) is 15.8. The van der Waals surface area contributed by atoms with Crippen LogP contribution in [0, 0.1) is 12.8 Å². The Morgan fingerprint density at radius 2 is 1.72 bits per heavy atom. The summed E-state index contributed by atoms with van der Waals surface area (Å²) in [6.45, 7) is 2.05. The third kappa shape index (κ3) is 6.20. The molecule has 1 aliphatic carbocycles. The fourth-order valence-electron chi connectivity index (χ4n) is 3.74. The second-order valence-corrected chi connectivity index (χ2v) is 10.00. The minimum atomic E-state index is -0.0884. The Labute approximate surface area is 197 Å². The molecule has 5 nitrogen and oxygen atoms in total. The Balaban J connectivity index is 1.24. The number of hydrogen-bond donors (Lipinski definition) is 2. The Hall–Kier alpha value is -2.64. The van der Waals surface area contributed by atoms with Crippen molar-refractivity contribution in [1.82, 2.24) is 4.98 Å². The highest BCUT2D eigenvalue weighted by atomic mass is 32.2. The lowest BCUT2D eigenvalue weighted by Crippen LogP contribution is -2.24. The molecule has 0 aliphatic heterocycles. The van der Waals surface area contributed by atoms with Crippen molar-refractivity contribution in [1.29, 1.82) is 0 Å². The molecule has 1 fully saturated rings. The molecule has 0 atom stereocenters. The van der Waals surface area contributed by atoms with Gasteiger partial charge in [0.15, 0.2) is 5.13 Å². The molecule has 0 bridgehead atoms. The zero-order valence-corrected chi connectivity index (χ0v) is 19.7. The molecule has 7 heteroatoms. The second kappa shape index (κ2) is 10.8.